The van der Waals surface area contributed by atoms with Gasteiger partial charge in [-0.25, -0.2) is 12.4 Å². The summed E-state index contributed by atoms with van der Waals surface area (Å²) in [5, 5.41) is 4.06. The van der Waals surface area contributed by atoms with Crippen molar-refractivity contribution < 1.29 is 13.2 Å². The molecule has 24 heavy (non-hydrogen) atoms. The Morgan fingerprint density at radius 2 is 2.00 bits per heavy atom. The van der Waals surface area contributed by atoms with Crippen molar-refractivity contribution in [3.8, 4) is 5.75 Å². The number of nitrogens with zero attached hydrogens (tertiary/aromatic N) is 1. The molecule has 0 spiro atoms. The molecule has 1 aliphatic heterocycles. The summed E-state index contributed by atoms with van der Waals surface area (Å²) in [6.07, 6.45) is 2.51. The van der Waals surface area contributed by atoms with Gasteiger partial charge in [-0.1, -0.05) is 12.1 Å². The van der Waals surface area contributed by atoms with Gasteiger partial charge in [0.15, 0.2) is 0 Å². The van der Waals surface area contributed by atoms with E-state index in [1.54, 1.807) is 43.6 Å². The number of methoxy groups -OCH3 is 1. The Morgan fingerprint density at radius 1 is 1.12 bits per heavy atom. The number of hydrogen-bond donors (Lipinski definition) is 1. The lowest BCUT2D eigenvalue weighted by Crippen LogP contribution is -2.24. The summed E-state index contributed by atoms with van der Waals surface area (Å²) in [5.74, 6) is 0.663. The van der Waals surface area contributed by atoms with Crippen LogP contribution in [0, 0.1) is 0 Å². The maximum Gasteiger partial charge on any atom is 0.268 e. The predicted molar refractivity (Wildman–Crippen MR) is 92.9 cm³/mol. The summed E-state index contributed by atoms with van der Waals surface area (Å²) in [5.41, 5.74) is 2.88. The molecule has 6 heteroatoms. The van der Waals surface area contributed by atoms with E-state index >= 15 is 0 Å². The van der Waals surface area contributed by atoms with E-state index in [0.29, 0.717) is 22.7 Å². The molecule has 2 heterocycles. The van der Waals surface area contributed by atoms with Gasteiger partial charge >= 0.3 is 0 Å². The Morgan fingerprint density at radius 3 is 2.83 bits per heavy atom. The molecule has 0 saturated heterocycles. The van der Waals surface area contributed by atoms with E-state index in [-0.39, 0.29) is 0 Å². The van der Waals surface area contributed by atoms with Crippen molar-refractivity contribution in [3.63, 3.8) is 0 Å². The summed E-state index contributed by atoms with van der Waals surface area (Å²) >= 11 is 0. The van der Waals surface area contributed by atoms with Gasteiger partial charge < -0.3 is 10.1 Å². The molecule has 1 aromatic heterocycles. The molecule has 3 aromatic rings. The van der Waals surface area contributed by atoms with Crippen LogP contribution in [-0.2, 0) is 23.0 Å². The van der Waals surface area contributed by atoms with Crippen LogP contribution in [0.2, 0.25) is 0 Å². The van der Waals surface area contributed by atoms with Crippen molar-refractivity contribution in [3.05, 3.63) is 59.8 Å². The second-order valence-corrected chi connectivity index (χ2v) is 7.68. The Labute approximate surface area is 140 Å². The van der Waals surface area contributed by atoms with Crippen molar-refractivity contribution in [2.24, 2.45) is 0 Å². The Hall–Kier alpha value is -2.31. The van der Waals surface area contributed by atoms with E-state index in [2.05, 4.69) is 5.32 Å². The Bertz CT molecular complexity index is 1020. The highest BCUT2D eigenvalue weighted by Crippen LogP contribution is 2.29. The van der Waals surface area contributed by atoms with Gasteiger partial charge in [0, 0.05) is 18.1 Å². The van der Waals surface area contributed by atoms with Crippen LogP contribution in [0.4, 0.5) is 0 Å². The van der Waals surface area contributed by atoms with E-state index < -0.39 is 10.0 Å². The highest BCUT2D eigenvalue weighted by atomic mass is 32.2. The molecule has 1 aliphatic rings. The fraction of sp³-hybridized carbons (Fsp3) is 0.222. The molecule has 0 unspecified atom stereocenters. The van der Waals surface area contributed by atoms with Crippen molar-refractivity contribution in [1.29, 1.82) is 0 Å². The molecular weight excluding hydrogens is 324 g/mol. The van der Waals surface area contributed by atoms with Crippen LogP contribution in [-0.4, -0.2) is 26.0 Å². The van der Waals surface area contributed by atoms with Crippen LogP contribution in [0.1, 0.15) is 11.1 Å². The molecule has 0 atom stereocenters. The fourth-order valence-corrected chi connectivity index (χ4v) is 4.63. The van der Waals surface area contributed by atoms with E-state index in [4.69, 9.17) is 4.74 Å². The number of hydrogen-bond acceptors (Lipinski definition) is 4. The SMILES string of the molecule is COc1cccc2c1ccn2S(=O)(=O)c1ccc2c(c1)CNCC2. The first-order valence-electron chi connectivity index (χ1n) is 7.83. The quantitative estimate of drug-likeness (QED) is 0.795. The number of fused-ring (bicyclic) bond motifs is 2. The van der Waals surface area contributed by atoms with E-state index in [1.165, 1.54) is 9.54 Å². The third-order valence-electron chi connectivity index (χ3n) is 4.50. The van der Waals surface area contributed by atoms with Crippen molar-refractivity contribution >= 4 is 20.9 Å². The average Bonchev–Trinajstić information content (AvgIpc) is 3.06. The van der Waals surface area contributed by atoms with Gasteiger partial charge in [0.25, 0.3) is 10.0 Å². The van der Waals surface area contributed by atoms with Gasteiger partial charge in [-0.05, 0) is 54.4 Å². The molecule has 0 radical (unpaired) electrons. The smallest absolute Gasteiger partial charge is 0.268 e. The topological polar surface area (TPSA) is 60.3 Å². The van der Waals surface area contributed by atoms with E-state index in [1.807, 2.05) is 12.1 Å². The minimum absolute atomic E-state index is 0.310. The zero-order chi connectivity index (χ0) is 16.7. The van der Waals surface area contributed by atoms with Crippen LogP contribution in [0.3, 0.4) is 0 Å². The van der Waals surface area contributed by atoms with Crippen molar-refractivity contribution in [2.75, 3.05) is 13.7 Å². The van der Waals surface area contributed by atoms with Crippen LogP contribution >= 0.6 is 0 Å². The molecule has 124 valence electrons. The lowest BCUT2D eigenvalue weighted by molar-refractivity contribution is 0.420. The predicted octanol–water partition coefficient (Wildman–Crippen LogP) is 2.53. The summed E-state index contributed by atoms with van der Waals surface area (Å²) in [6.45, 7) is 1.64. The summed E-state index contributed by atoms with van der Waals surface area (Å²) in [6, 6.07) is 12.6. The normalized spacial score (nSPS) is 14.5. The van der Waals surface area contributed by atoms with Gasteiger partial charge in [0.1, 0.15) is 5.75 Å². The first-order chi connectivity index (χ1) is 11.6. The summed E-state index contributed by atoms with van der Waals surface area (Å²) in [7, 11) is -2.07. The zero-order valence-corrected chi connectivity index (χ0v) is 14.1. The Kier molecular flexibility index (Phi) is 3.58. The Balaban J connectivity index is 1.87. The molecule has 0 saturated carbocycles. The van der Waals surface area contributed by atoms with Gasteiger partial charge in [-0.2, -0.15) is 0 Å². The summed E-state index contributed by atoms with van der Waals surface area (Å²) in [4.78, 5) is 0.310. The second kappa shape index (κ2) is 5.65. The van der Waals surface area contributed by atoms with Crippen LogP contribution in [0.25, 0.3) is 10.9 Å². The van der Waals surface area contributed by atoms with E-state index in [9.17, 15) is 8.42 Å². The lowest BCUT2D eigenvalue weighted by atomic mass is 10.0. The molecule has 0 aliphatic carbocycles. The third-order valence-corrected chi connectivity index (χ3v) is 6.18. The van der Waals surface area contributed by atoms with Gasteiger partial charge in [-0.15, -0.1) is 0 Å². The maximum absolute atomic E-state index is 13.1. The standard InChI is InChI=1S/C18H18N2O3S/c1-23-18-4-2-3-17-16(18)8-10-20(17)24(21,22)15-6-5-13-7-9-19-12-14(13)11-15/h2-6,8,10-11,19H,7,9,12H2,1H3. The second-order valence-electron chi connectivity index (χ2n) is 5.87. The molecule has 2 aromatic carbocycles. The minimum Gasteiger partial charge on any atom is -0.496 e. The number of nitrogens with one attached hydrogen (secondary N) is 1. The fourth-order valence-electron chi connectivity index (χ4n) is 3.23. The third kappa shape index (κ3) is 2.30. The lowest BCUT2D eigenvalue weighted by Gasteiger charge is -2.18. The van der Waals surface area contributed by atoms with Crippen LogP contribution < -0.4 is 10.1 Å². The summed E-state index contributed by atoms with van der Waals surface area (Å²) < 4.78 is 32.8. The van der Waals surface area contributed by atoms with Gasteiger partial charge in [-0.3, -0.25) is 0 Å². The number of aromatic nitrogens is 1. The average molecular weight is 342 g/mol. The number of ether oxygens (including phenoxy) is 1. The molecule has 0 bridgehead atoms. The highest BCUT2D eigenvalue weighted by Gasteiger charge is 2.21. The minimum atomic E-state index is -3.65. The molecule has 1 N–H and O–H groups in total. The highest BCUT2D eigenvalue weighted by molar-refractivity contribution is 7.90. The van der Waals surface area contributed by atoms with Gasteiger partial charge in [0.2, 0.25) is 0 Å². The first kappa shape index (κ1) is 15.2. The van der Waals surface area contributed by atoms with Crippen LogP contribution in [0.15, 0.2) is 53.6 Å². The molecule has 0 amide bonds. The molecule has 0 fully saturated rings. The van der Waals surface area contributed by atoms with Gasteiger partial charge in [0.05, 0.1) is 17.5 Å². The van der Waals surface area contributed by atoms with Crippen LogP contribution in [0.5, 0.6) is 5.75 Å². The van der Waals surface area contributed by atoms with Crippen molar-refractivity contribution in [1.82, 2.24) is 9.29 Å². The largest absolute Gasteiger partial charge is 0.496 e. The maximum atomic E-state index is 13.1. The number of rotatable bonds is 3. The molecule has 4 rings (SSSR count). The molecular formula is C18H18N2O3S. The number of benzene rings is 2. The molecule has 5 nitrogen and oxygen atoms in total. The van der Waals surface area contributed by atoms with E-state index in [0.717, 1.165) is 23.9 Å². The van der Waals surface area contributed by atoms with Crippen molar-refractivity contribution in [2.45, 2.75) is 17.9 Å². The monoisotopic (exact) mass is 342 g/mol. The first-order valence-corrected chi connectivity index (χ1v) is 9.27. The zero-order valence-electron chi connectivity index (χ0n) is 13.3.